The highest BCUT2D eigenvalue weighted by atomic mass is 16.5. The molecule has 0 radical (unpaired) electrons. The Morgan fingerprint density at radius 3 is 2.50 bits per heavy atom. The van der Waals surface area contributed by atoms with Crippen LogP contribution in [0.2, 0.25) is 0 Å². The molecule has 86 valence electrons. The van der Waals surface area contributed by atoms with Crippen LogP contribution < -0.4 is 4.90 Å². The van der Waals surface area contributed by atoms with Crippen molar-refractivity contribution in [3.8, 4) is 6.07 Å². The van der Waals surface area contributed by atoms with Crippen molar-refractivity contribution in [3.63, 3.8) is 0 Å². The lowest BCUT2D eigenvalue weighted by Crippen LogP contribution is -2.22. The molecule has 0 saturated heterocycles. The van der Waals surface area contributed by atoms with Crippen molar-refractivity contribution in [2.45, 2.75) is 13.3 Å². The van der Waals surface area contributed by atoms with Gasteiger partial charge in [0.15, 0.2) is 0 Å². The molecule has 1 rings (SSSR count). The van der Waals surface area contributed by atoms with Crippen LogP contribution in [0.15, 0.2) is 24.3 Å². The summed E-state index contributed by atoms with van der Waals surface area (Å²) in [6.45, 7) is 4.53. The topological polar surface area (TPSA) is 36.3 Å². The number of likely N-dealkylation sites (N-methyl/N-ethyl adjacent to an activating group) is 1. The quantitative estimate of drug-likeness (QED) is 0.688. The van der Waals surface area contributed by atoms with Crippen molar-refractivity contribution >= 4 is 5.69 Å². The summed E-state index contributed by atoms with van der Waals surface area (Å²) in [5, 5.41) is 8.68. The molecule has 3 nitrogen and oxygen atoms in total. The fraction of sp³-hybridized carbons (Fsp3) is 0.462. The minimum absolute atomic E-state index is 0.694. The van der Waals surface area contributed by atoms with Gasteiger partial charge in [-0.15, -0.1) is 0 Å². The minimum atomic E-state index is 0.694. The van der Waals surface area contributed by atoms with E-state index in [4.69, 9.17) is 10.00 Å². The molecule has 0 unspecified atom stereocenters. The van der Waals surface area contributed by atoms with Crippen LogP contribution >= 0.6 is 0 Å². The maximum atomic E-state index is 8.68. The first-order valence-electron chi connectivity index (χ1n) is 5.57. The minimum Gasteiger partial charge on any atom is -0.380 e. The summed E-state index contributed by atoms with van der Waals surface area (Å²) in [7, 11) is 2.02. The molecule has 16 heavy (non-hydrogen) atoms. The third-order valence-electron chi connectivity index (χ3n) is 2.36. The van der Waals surface area contributed by atoms with Crippen LogP contribution in [0, 0.1) is 11.3 Å². The first kappa shape index (κ1) is 12.5. The molecular formula is C13H18N2O. The number of nitriles is 1. The van der Waals surface area contributed by atoms with E-state index in [1.54, 1.807) is 0 Å². The number of nitrogens with zero attached hydrogens (tertiary/aromatic N) is 2. The Hall–Kier alpha value is -1.53. The summed E-state index contributed by atoms with van der Waals surface area (Å²) in [6.07, 6.45) is 1.06. The Bertz CT molecular complexity index is 340. The zero-order chi connectivity index (χ0) is 11.8. The third-order valence-corrected chi connectivity index (χ3v) is 2.36. The predicted octanol–water partition coefficient (Wildman–Crippen LogP) is 2.42. The Balaban J connectivity index is 2.40. The van der Waals surface area contributed by atoms with Gasteiger partial charge in [-0.05, 0) is 30.7 Å². The zero-order valence-electron chi connectivity index (χ0n) is 9.94. The average Bonchev–Trinajstić information content (AvgIpc) is 2.34. The largest absolute Gasteiger partial charge is 0.380 e. The molecule has 0 fully saturated rings. The van der Waals surface area contributed by atoms with Crippen LogP contribution in [0.25, 0.3) is 0 Å². The first-order valence-corrected chi connectivity index (χ1v) is 5.57. The van der Waals surface area contributed by atoms with Gasteiger partial charge in [0.05, 0.1) is 18.2 Å². The van der Waals surface area contributed by atoms with Gasteiger partial charge < -0.3 is 9.64 Å². The van der Waals surface area contributed by atoms with Gasteiger partial charge in [-0.2, -0.15) is 5.26 Å². The first-order chi connectivity index (χ1) is 7.77. The Labute approximate surface area is 97.3 Å². The molecule has 0 saturated carbocycles. The van der Waals surface area contributed by atoms with Crippen molar-refractivity contribution in [1.29, 1.82) is 5.26 Å². The molecule has 0 aromatic heterocycles. The summed E-state index contributed by atoms with van der Waals surface area (Å²) >= 11 is 0. The molecule has 0 aliphatic heterocycles. The van der Waals surface area contributed by atoms with E-state index in [2.05, 4.69) is 17.9 Å². The Morgan fingerprint density at radius 2 is 1.94 bits per heavy atom. The van der Waals surface area contributed by atoms with E-state index in [9.17, 15) is 0 Å². The van der Waals surface area contributed by atoms with Gasteiger partial charge >= 0.3 is 0 Å². The number of rotatable bonds is 6. The number of hydrogen-bond donors (Lipinski definition) is 0. The summed E-state index contributed by atoms with van der Waals surface area (Å²) in [6, 6.07) is 9.69. The van der Waals surface area contributed by atoms with Crippen LogP contribution in [-0.4, -0.2) is 26.8 Å². The monoisotopic (exact) mass is 218 g/mol. The highest BCUT2D eigenvalue weighted by molar-refractivity contribution is 5.48. The molecular weight excluding hydrogens is 200 g/mol. The fourth-order valence-electron chi connectivity index (χ4n) is 1.37. The molecule has 0 N–H and O–H groups in total. The SMILES string of the molecule is CCCOCCN(C)c1ccc(C#N)cc1. The maximum Gasteiger partial charge on any atom is 0.0991 e. The number of benzene rings is 1. The molecule has 0 atom stereocenters. The van der Waals surface area contributed by atoms with Gasteiger partial charge in [0, 0.05) is 25.9 Å². The fourth-order valence-corrected chi connectivity index (χ4v) is 1.37. The second-order valence-corrected chi connectivity index (χ2v) is 3.69. The second-order valence-electron chi connectivity index (χ2n) is 3.69. The number of anilines is 1. The zero-order valence-corrected chi connectivity index (χ0v) is 9.94. The van der Waals surface area contributed by atoms with E-state index < -0.39 is 0 Å². The van der Waals surface area contributed by atoms with E-state index in [0.29, 0.717) is 5.56 Å². The van der Waals surface area contributed by atoms with Gasteiger partial charge in [0.25, 0.3) is 0 Å². The maximum absolute atomic E-state index is 8.68. The van der Waals surface area contributed by atoms with Gasteiger partial charge in [-0.1, -0.05) is 6.92 Å². The Morgan fingerprint density at radius 1 is 1.25 bits per heavy atom. The van der Waals surface area contributed by atoms with Crippen LogP contribution in [0.3, 0.4) is 0 Å². The predicted molar refractivity (Wildman–Crippen MR) is 65.5 cm³/mol. The third kappa shape index (κ3) is 3.92. The average molecular weight is 218 g/mol. The van der Waals surface area contributed by atoms with Gasteiger partial charge in [0.2, 0.25) is 0 Å². The number of ether oxygens (including phenoxy) is 1. The van der Waals surface area contributed by atoms with E-state index >= 15 is 0 Å². The lowest BCUT2D eigenvalue weighted by atomic mass is 10.2. The molecule has 1 aromatic rings. The van der Waals surface area contributed by atoms with Crippen LogP contribution in [-0.2, 0) is 4.74 Å². The molecule has 0 aliphatic carbocycles. The van der Waals surface area contributed by atoms with E-state index in [-0.39, 0.29) is 0 Å². The lowest BCUT2D eigenvalue weighted by molar-refractivity contribution is 0.141. The standard InChI is InChI=1S/C13H18N2O/c1-3-9-16-10-8-15(2)13-6-4-12(11-14)5-7-13/h4-7H,3,8-10H2,1-2H3. The van der Waals surface area contributed by atoms with Crippen molar-refractivity contribution in [2.75, 3.05) is 31.7 Å². The molecule has 0 spiro atoms. The summed E-state index contributed by atoms with van der Waals surface area (Å²) < 4.78 is 5.43. The van der Waals surface area contributed by atoms with Crippen molar-refractivity contribution in [2.24, 2.45) is 0 Å². The summed E-state index contributed by atoms with van der Waals surface area (Å²) in [5.74, 6) is 0. The summed E-state index contributed by atoms with van der Waals surface area (Å²) in [4.78, 5) is 2.12. The van der Waals surface area contributed by atoms with E-state index in [1.807, 2.05) is 31.3 Å². The summed E-state index contributed by atoms with van der Waals surface area (Å²) in [5.41, 5.74) is 1.80. The highest BCUT2D eigenvalue weighted by Gasteiger charge is 2.00. The molecule has 3 heteroatoms. The molecule has 1 aromatic carbocycles. The van der Waals surface area contributed by atoms with Gasteiger partial charge in [-0.3, -0.25) is 0 Å². The van der Waals surface area contributed by atoms with Gasteiger partial charge in [0.1, 0.15) is 0 Å². The van der Waals surface area contributed by atoms with Crippen molar-refractivity contribution < 1.29 is 4.74 Å². The molecule has 0 bridgehead atoms. The Kier molecular flexibility index (Phi) is 5.38. The molecule has 0 amide bonds. The lowest BCUT2D eigenvalue weighted by Gasteiger charge is -2.19. The molecule has 0 aliphatic rings. The second kappa shape index (κ2) is 6.86. The van der Waals surface area contributed by atoms with Crippen molar-refractivity contribution in [3.05, 3.63) is 29.8 Å². The van der Waals surface area contributed by atoms with Crippen LogP contribution in [0.5, 0.6) is 0 Å². The van der Waals surface area contributed by atoms with Crippen LogP contribution in [0.1, 0.15) is 18.9 Å². The van der Waals surface area contributed by atoms with Crippen molar-refractivity contribution in [1.82, 2.24) is 0 Å². The van der Waals surface area contributed by atoms with Crippen LogP contribution in [0.4, 0.5) is 5.69 Å². The highest BCUT2D eigenvalue weighted by Crippen LogP contribution is 2.12. The molecule has 0 heterocycles. The smallest absolute Gasteiger partial charge is 0.0991 e. The number of hydrogen-bond acceptors (Lipinski definition) is 3. The van der Waals surface area contributed by atoms with Gasteiger partial charge in [-0.25, -0.2) is 0 Å². The van der Waals surface area contributed by atoms with E-state index in [0.717, 1.165) is 31.9 Å². The van der Waals surface area contributed by atoms with E-state index in [1.165, 1.54) is 0 Å². The normalized spacial score (nSPS) is 9.81.